The molecular formula is C17H15F2NO4. The molecule has 0 saturated carbocycles. The quantitative estimate of drug-likeness (QED) is 0.816. The predicted octanol–water partition coefficient (Wildman–Crippen LogP) is 2.68. The Morgan fingerprint density at radius 3 is 2.42 bits per heavy atom. The Labute approximate surface area is 136 Å². The highest BCUT2D eigenvalue weighted by atomic mass is 19.1. The summed E-state index contributed by atoms with van der Waals surface area (Å²) in [7, 11) is 0. The van der Waals surface area contributed by atoms with Gasteiger partial charge in [0.15, 0.2) is 6.61 Å². The van der Waals surface area contributed by atoms with Gasteiger partial charge < -0.3 is 15.2 Å². The van der Waals surface area contributed by atoms with Crippen LogP contribution in [0.15, 0.2) is 48.5 Å². The zero-order valence-electron chi connectivity index (χ0n) is 12.5. The third-order valence-electron chi connectivity index (χ3n) is 3.15. The Bertz CT molecular complexity index is 719. The number of carboxylic acids is 1. The molecule has 1 atom stereocenters. The Morgan fingerprint density at radius 1 is 1.08 bits per heavy atom. The van der Waals surface area contributed by atoms with E-state index < -0.39 is 36.2 Å². The van der Waals surface area contributed by atoms with Crippen LogP contribution in [-0.4, -0.2) is 23.6 Å². The maximum atomic E-state index is 13.0. The molecule has 2 aromatic rings. The van der Waals surface area contributed by atoms with Crippen LogP contribution in [0.1, 0.15) is 18.0 Å². The molecule has 0 bridgehead atoms. The summed E-state index contributed by atoms with van der Waals surface area (Å²) in [5.74, 6) is -2.47. The number of hydrogen-bond donors (Lipinski definition) is 2. The number of carbonyl (C=O) groups excluding carboxylic acids is 1. The Balaban J connectivity index is 1.99. The molecule has 7 heteroatoms. The molecule has 24 heavy (non-hydrogen) atoms. The van der Waals surface area contributed by atoms with Crippen LogP contribution in [0.2, 0.25) is 0 Å². The van der Waals surface area contributed by atoms with E-state index in [1.165, 1.54) is 42.5 Å². The van der Waals surface area contributed by atoms with Crippen molar-refractivity contribution in [1.29, 1.82) is 0 Å². The van der Waals surface area contributed by atoms with Crippen LogP contribution in [0.25, 0.3) is 0 Å². The molecule has 0 aliphatic rings. The molecule has 1 amide bonds. The van der Waals surface area contributed by atoms with Crippen LogP contribution in [0, 0.1) is 11.6 Å². The zero-order chi connectivity index (χ0) is 17.5. The minimum absolute atomic E-state index is 0.182. The van der Waals surface area contributed by atoms with Crippen LogP contribution in [0.4, 0.5) is 8.78 Å². The standard InChI is InChI=1S/C17H15F2NO4/c18-12-6-4-11(5-7-12)15(9-17(22)23)20-16(21)10-24-14-3-1-2-13(19)8-14/h1-8,15H,9-10H2,(H,20,21)(H,22,23)/t15-/m0/s1. The fraction of sp³-hybridized carbons (Fsp3) is 0.176. The molecule has 0 spiro atoms. The van der Waals surface area contributed by atoms with E-state index in [9.17, 15) is 18.4 Å². The summed E-state index contributed by atoms with van der Waals surface area (Å²) < 4.78 is 31.1. The smallest absolute Gasteiger partial charge is 0.305 e. The van der Waals surface area contributed by atoms with Crippen LogP contribution in [-0.2, 0) is 9.59 Å². The summed E-state index contributed by atoms with van der Waals surface area (Å²) in [6, 6.07) is 9.63. The fourth-order valence-electron chi connectivity index (χ4n) is 2.06. The number of carboxylic acid groups (broad SMARTS) is 1. The topological polar surface area (TPSA) is 75.6 Å². The number of carbonyl (C=O) groups is 2. The summed E-state index contributed by atoms with van der Waals surface area (Å²) in [5, 5.41) is 11.5. The minimum atomic E-state index is -1.12. The van der Waals surface area contributed by atoms with Crippen molar-refractivity contribution in [2.24, 2.45) is 0 Å². The van der Waals surface area contributed by atoms with Gasteiger partial charge in [0, 0.05) is 6.07 Å². The van der Waals surface area contributed by atoms with E-state index in [4.69, 9.17) is 9.84 Å². The first kappa shape index (κ1) is 17.4. The lowest BCUT2D eigenvalue weighted by molar-refractivity contribution is -0.137. The Kier molecular flexibility index (Phi) is 5.83. The maximum absolute atomic E-state index is 13.0. The zero-order valence-corrected chi connectivity index (χ0v) is 12.5. The SMILES string of the molecule is O=C(O)C[C@H](NC(=O)COc1cccc(F)c1)c1ccc(F)cc1. The summed E-state index contributed by atoms with van der Waals surface area (Å²) in [6.45, 7) is -0.402. The predicted molar refractivity (Wildman–Crippen MR) is 81.4 cm³/mol. The molecule has 0 unspecified atom stereocenters. The summed E-state index contributed by atoms with van der Waals surface area (Å²) in [6.07, 6.45) is -0.364. The highest BCUT2D eigenvalue weighted by Crippen LogP contribution is 2.18. The lowest BCUT2D eigenvalue weighted by Gasteiger charge is -2.17. The second kappa shape index (κ2) is 8.05. The molecule has 0 radical (unpaired) electrons. The van der Waals surface area contributed by atoms with Gasteiger partial charge in [-0.3, -0.25) is 9.59 Å². The second-order valence-corrected chi connectivity index (χ2v) is 5.02. The van der Waals surface area contributed by atoms with E-state index in [2.05, 4.69) is 5.32 Å². The van der Waals surface area contributed by atoms with E-state index >= 15 is 0 Å². The van der Waals surface area contributed by atoms with Gasteiger partial charge in [-0.25, -0.2) is 8.78 Å². The molecule has 0 aliphatic carbocycles. The highest BCUT2D eigenvalue weighted by molar-refractivity contribution is 5.79. The first-order valence-electron chi connectivity index (χ1n) is 7.09. The molecule has 2 rings (SSSR count). The molecule has 0 aliphatic heterocycles. The van der Waals surface area contributed by atoms with E-state index in [-0.39, 0.29) is 12.2 Å². The monoisotopic (exact) mass is 335 g/mol. The van der Waals surface area contributed by atoms with Crippen LogP contribution < -0.4 is 10.1 Å². The summed E-state index contributed by atoms with van der Waals surface area (Å²) in [5.41, 5.74) is 0.456. The maximum Gasteiger partial charge on any atom is 0.305 e. The lowest BCUT2D eigenvalue weighted by atomic mass is 10.0. The van der Waals surface area contributed by atoms with Gasteiger partial charge in [-0.05, 0) is 29.8 Å². The lowest BCUT2D eigenvalue weighted by Crippen LogP contribution is -2.33. The molecule has 2 N–H and O–H groups in total. The molecule has 0 aromatic heterocycles. The van der Waals surface area contributed by atoms with E-state index in [1.807, 2.05) is 0 Å². The normalized spacial score (nSPS) is 11.6. The van der Waals surface area contributed by atoms with Crippen LogP contribution in [0.5, 0.6) is 5.75 Å². The van der Waals surface area contributed by atoms with Crippen molar-refractivity contribution in [3.63, 3.8) is 0 Å². The number of rotatable bonds is 7. The molecule has 126 valence electrons. The first-order chi connectivity index (χ1) is 11.4. The van der Waals surface area contributed by atoms with Gasteiger partial charge in [-0.15, -0.1) is 0 Å². The average molecular weight is 335 g/mol. The van der Waals surface area contributed by atoms with Gasteiger partial charge in [0.05, 0.1) is 12.5 Å². The summed E-state index contributed by atoms with van der Waals surface area (Å²) >= 11 is 0. The molecule has 0 heterocycles. The van der Waals surface area contributed by atoms with E-state index in [1.54, 1.807) is 0 Å². The van der Waals surface area contributed by atoms with Crippen molar-refractivity contribution in [3.05, 3.63) is 65.7 Å². The van der Waals surface area contributed by atoms with Gasteiger partial charge in [0.1, 0.15) is 17.4 Å². The number of amides is 1. The molecule has 0 saturated heterocycles. The number of nitrogens with one attached hydrogen (secondary N) is 1. The van der Waals surface area contributed by atoms with Gasteiger partial charge in [-0.2, -0.15) is 0 Å². The van der Waals surface area contributed by atoms with Crippen LogP contribution in [0.3, 0.4) is 0 Å². The van der Waals surface area contributed by atoms with Crippen molar-refractivity contribution in [2.75, 3.05) is 6.61 Å². The third-order valence-corrected chi connectivity index (χ3v) is 3.15. The Morgan fingerprint density at radius 2 is 1.79 bits per heavy atom. The van der Waals surface area contributed by atoms with Crippen molar-refractivity contribution in [3.8, 4) is 5.75 Å². The van der Waals surface area contributed by atoms with Crippen LogP contribution >= 0.6 is 0 Å². The van der Waals surface area contributed by atoms with Gasteiger partial charge in [0.25, 0.3) is 5.91 Å². The Hall–Kier alpha value is -2.96. The largest absolute Gasteiger partial charge is 0.484 e. The number of aliphatic carboxylic acids is 1. The van der Waals surface area contributed by atoms with E-state index in [0.717, 1.165) is 6.07 Å². The van der Waals surface area contributed by atoms with Crippen molar-refractivity contribution < 1.29 is 28.2 Å². The minimum Gasteiger partial charge on any atom is -0.484 e. The van der Waals surface area contributed by atoms with Gasteiger partial charge >= 0.3 is 5.97 Å². The molecule has 0 fully saturated rings. The first-order valence-corrected chi connectivity index (χ1v) is 7.09. The van der Waals surface area contributed by atoms with Crippen molar-refractivity contribution in [1.82, 2.24) is 5.32 Å². The third kappa shape index (κ3) is 5.35. The highest BCUT2D eigenvalue weighted by Gasteiger charge is 2.18. The van der Waals surface area contributed by atoms with Gasteiger partial charge in [0.2, 0.25) is 0 Å². The van der Waals surface area contributed by atoms with Crippen molar-refractivity contribution in [2.45, 2.75) is 12.5 Å². The fourth-order valence-corrected chi connectivity index (χ4v) is 2.06. The second-order valence-electron chi connectivity index (χ2n) is 5.02. The van der Waals surface area contributed by atoms with Gasteiger partial charge in [-0.1, -0.05) is 18.2 Å². The average Bonchev–Trinajstić information content (AvgIpc) is 2.53. The molecule has 2 aromatic carbocycles. The number of benzene rings is 2. The summed E-state index contributed by atoms with van der Waals surface area (Å²) in [4.78, 5) is 22.9. The number of hydrogen-bond acceptors (Lipinski definition) is 3. The van der Waals surface area contributed by atoms with E-state index in [0.29, 0.717) is 5.56 Å². The molecule has 5 nitrogen and oxygen atoms in total. The van der Waals surface area contributed by atoms with Crippen molar-refractivity contribution >= 4 is 11.9 Å². The molecular weight excluding hydrogens is 320 g/mol. The number of ether oxygens (including phenoxy) is 1. The number of halogens is 2.